The molecule has 1 aliphatic heterocycles. The van der Waals surface area contributed by atoms with Crippen molar-refractivity contribution in [2.45, 2.75) is 31.9 Å². The first kappa shape index (κ1) is 26.0. The number of alkyl halides is 5. The summed E-state index contributed by atoms with van der Waals surface area (Å²) in [4.78, 5) is 34.7. The van der Waals surface area contributed by atoms with Gasteiger partial charge in [0.05, 0.1) is 40.7 Å². The number of halogens is 5. The Morgan fingerprint density at radius 2 is 1.92 bits per heavy atom. The van der Waals surface area contributed by atoms with Gasteiger partial charge in [-0.05, 0) is 19.9 Å². The third-order valence-electron chi connectivity index (χ3n) is 5.94. The number of hydrogen-bond donors (Lipinski definition) is 1. The van der Waals surface area contributed by atoms with E-state index in [1.54, 1.807) is 6.92 Å². The van der Waals surface area contributed by atoms with Gasteiger partial charge in [-0.3, -0.25) is 9.69 Å². The molecule has 4 heterocycles. The third-order valence-corrected chi connectivity index (χ3v) is 5.94. The van der Waals surface area contributed by atoms with Crippen LogP contribution in [-0.2, 0) is 10.2 Å². The lowest BCUT2D eigenvalue weighted by atomic mass is 9.88. The first-order valence-electron chi connectivity index (χ1n) is 10.8. The average molecular weight is 527 g/mol. The number of hydrogen-bond acceptors (Lipinski definition) is 6. The highest BCUT2D eigenvalue weighted by atomic mass is 19.4. The Kier molecular flexibility index (Phi) is 6.42. The molecule has 37 heavy (non-hydrogen) atoms. The highest BCUT2D eigenvalue weighted by molar-refractivity contribution is 6.03. The van der Waals surface area contributed by atoms with Crippen molar-refractivity contribution in [3.63, 3.8) is 0 Å². The maximum Gasteiger partial charge on any atom is 0.401 e. The van der Waals surface area contributed by atoms with E-state index in [4.69, 9.17) is 4.74 Å². The number of aryl methyl sites for hydroxylation is 1. The summed E-state index contributed by atoms with van der Waals surface area (Å²) >= 11 is 0. The summed E-state index contributed by atoms with van der Waals surface area (Å²) in [6.07, 6.45) is -5.69. The minimum Gasteiger partial charge on any atom is -0.467 e. The number of anilines is 2. The van der Waals surface area contributed by atoms with Gasteiger partial charge < -0.3 is 15.0 Å². The van der Waals surface area contributed by atoms with Gasteiger partial charge in [0, 0.05) is 26.7 Å². The molecule has 0 saturated carbocycles. The van der Waals surface area contributed by atoms with Crippen molar-refractivity contribution in [3.05, 3.63) is 41.5 Å². The molecule has 3 aromatic rings. The minimum absolute atomic E-state index is 0.128. The van der Waals surface area contributed by atoms with Crippen LogP contribution in [0, 0.1) is 6.92 Å². The average Bonchev–Trinajstić information content (AvgIpc) is 3.34. The molecule has 1 atom stereocenters. The smallest absolute Gasteiger partial charge is 0.401 e. The van der Waals surface area contributed by atoms with Crippen LogP contribution in [0.15, 0.2) is 24.5 Å². The van der Waals surface area contributed by atoms with Crippen LogP contribution in [0.25, 0.3) is 5.65 Å². The summed E-state index contributed by atoms with van der Waals surface area (Å²) in [6.45, 7) is 1.22. The van der Waals surface area contributed by atoms with E-state index in [2.05, 4.69) is 20.4 Å². The largest absolute Gasteiger partial charge is 0.467 e. The Bertz CT molecular complexity index is 1370. The van der Waals surface area contributed by atoms with Gasteiger partial charge >= 0.3 is 12.2 Å². The fourth-order valence-corrected chi connectivity index (χ4v) is 3.90. The Balaban J connectivity index is 1.65. The fourth-order valence-electron chi connectivity index (χ4n) is 3.90. The second-order valence-corrected chi connectivity index (χ2v) is 8.89. The molecular weight excluding hydrogens is 505 g/mol. The highest BCUT2D eigenvalue weighted by Gasteiger charge is 2.60. The third kappa shape index (κ3) is 4.60. The standard InChI is InChI=1S/C22H22F5N7O3/c1-11-5-15-28-8-14-17(34(15)31-11)21(2,22(25,26)27)10-33(14)20(36)30-12-6-13(18(23)24)19(29-7-12)37-9-16(35)32(3)4/h5-8,18H,9-10H2,1-4H3,(H,30,36)/t21-/m1/s1. The maximum atomic E-state index is 14.2. The highest BCUT2D eigenvalue weighted by Crippen LogP contribution is 2.50. The van der Waals surface area contributed by atoms with E-state index in [0.717, 1.165) is 34.8 Å². The predicted octanol–water partition coefficient (Wildman–Crippen LogP) is 3.71. The predicted molar refractivity (Wildman–Crippen MR) is 121 cm³/mol. The number of nitrogens with zero attached hydrogens (tertiary/aromatic N) is 6. The topological polar surface area (TPSA) is 105 Å². The second-order valence-electron chi connectivity index (χ2n) is 8.89. The van der Waals surface area contributed by atoms with Gasteiger partial charge in [0.15, 0.2) is 12.3 Å². The van der Waals surface area contributed by atoms with Gasteiger partial charge in [-0.25, -0.2) is 28.1 Å². The zero-order valence-electron chi connectivity index (χ0n) is 20.1. The van der Waals surface area contributed by atoms with Crippen LogP contribution in [0.5, 0.6) is 5.88 Å². The number of nitrogens with one attached hydrogen (secondary N) is 1. The van der Waals surface area contributed by atoms with Gasteiger partial charge in [-0.2, -0.15) is 18.3 Å². The number of pyridine rings is 1. The second kappa shape index (κ2) is 9.12. The number of fused-ring (bicyclic) bond motifs is 3. The summed E-state index contributed by atoms with van der Waals surface area (Å²) in [7, 11) is 2.92. The summed E-state index contributed by atoms with van der Waals surface area (Å²) in [5, 5.41) is 6.42. The fraction of sp³-hybridized carbons (Fsp3) is 0.409. The van der Waals surface area contributed by atoms with E-state index in [0.29, 0.717) is 5.69 Å². The first-order valence-corrected chi connectivity index (χ1v) is 10.8. The van der Waals surface area contributed by atoms with Crippen LogP contribution in [0.3, 0.4) is 0 Å². The monoisotopic (exact) mass is 527 g/mol. The van der Waals surface area contributed by atoms with Crippen LogP contribution in [-0.4, -0.2) is 69.8 Å². The minimum atomic E-state index is -4.75. The molecule has 0 radical (unpaired) electrons. The van der Waals surface area contributed by atoms with Crippen molar-refractivity contribution in [2.75, 3.05) is 37.5 Å². The molecule has 0 saturated heterocycles. The lowest BCUT2D eigenvalue weighted by Crippen LogP contribution is -2.46. The van der Waals surface area contributed by atoms with Crippen molar-refractivity contribution in [1.29, 1.82) is 0 Å². The lowest BCUT2D eigenvalue weighted by molar-refractivity contribution is -0.181. The summed E-state index contributed by atoms with van der Waals surface area (Å²) in [5.41, 5.74) is -3.18. The van der Waals surface area contributed by atoms with Crippen molar-refractivity contribution in [3.8, 4) is 5.88 Å². The number of ether oxygens (including phenoxy) is 1. The Hall–Kier alpha value is -4.04. The normalized spacial score (nSPS) is 17.3. The molecule has 0 spiro atoms. The SMILES string of the molecule is Cc1cc2ncc3c(n2n1)[C@](C)(C(F)(F)F)CN3C(=O)Nc1cnc(OCC(=O)N(C)C)c(C(F)F)c1. The van der Waals surface area contributed by atoms with E-state index in [1.165, 1.54) is 25.1 Å². The number of rotatable bonds is 5. The molecule has 3 aromatic heterocycles. The number of carbonyl (C=O) groups excluding carboxylic acids is 2. The Labute approximate surface area is 207 Å². The first-order chi connectivity index (χ1) is 17.2. The molecule has 0 aromatic carbocycles. The van der Waals surface area contributed by atoms with Gasteiger partial charge in [0.2, 0.25) is 5.88 Å². The van der Waals surface area contributed by atoms with Crippen molar-refractivity contribution >= 4 is 29.0 Å². The zero-order chi connectivity index (χ0) is 27.3. The van der Waals surface area contributed by atoms with Crippen LogP contribution >= 0.6 is 0 Å². The van der Waals surface area contributed by atoms with E-state index in [1.807, 2.05) is 0 Å². The number of likely N-dealkylation sites (N-methyl/N-ethyl adjacent to an activating group) is 1. The van der Waals surface area contributed by atoms with Crippen LogP contribution < -0.4 is 15.0 Å². The number of aromatic nitrogens is 4. The molecule has 0 fully saturated rings. The van der Waals surface area contributed by atoms with Gasteiger partial charge in [0.1, 0.15) is 5.41 Å². The molecule has 0 bridgehead atoms. The molecule has 0 unspecified atom stereocenters. The number of amides is 3. The molecule has 15 heteroatoms. The quantitative estimate of drug-likeness (QED) is 0.508. The van der Waals surface area contributed by atoms with Crippen molar-refractivity contribution < 1.29 is 36.3 Å². The van der Waals surface area contributed by atoms with E-state index in [-0.39, 0.29) is 22.7 Å². The zero-order valence-corrected chi connectivity index (χ0v) is 20.1. The van der Waals surface area contributed by atoms with Crippen LogP contribution in [0.2, 0.25) is 0 Å². The molecule has 3 amide bonds. The Morgan fingerprint density at radius 3 is 2.54 bits per heavy atom. The summed E-state index contributed by atoms with van der Waals surface area (Å²) in [6, 6.07) is 1.37. The molecule has 0 aliphatic carbocycles. The number of carbonyl (C=O) groups is 2. The maximum absolute atomic E-state index is 14.2. The van der Waals surface area contributed by atoms with Gasteiger partial charge in [0.25, 0.3) is 12.3 Å². The lowest BCUT2D eigenvalue weighted by Gasteiger charge is -2.28. The van der Waals surface area contributed by atoms with E-state index >= 15 is 0 Å². The van der Waals surface area contributed by atoms with E-state index < -0.39 is 54.6 Å². The molecule has 10 nitrogen and oxygen atoms in total. The van der Waals surface area contributed by atoms with Crippen LogP contribution in [0.4, 0.5) is 38.1 Å². The molecule has 1 N–H and O–H groups in total. The molecular formula is C22H22F5N7O3. The molecule has 4 rings (SSSR count). The Morgan fingerprint density at radius 1 is 1.22 bits per heavy atom. The summed E-state index contributed by atoms with van der Waals surface area (Å²) < 4.78 is 76.1. The van der Waals surface area contributed by atoms with E-state index in [9.17, 15) is 31.5 Å². The van der Waals surface area contributed by atoms with Crippen molar-refractivity contribution in [2.24, 2.45) is 0 Å². The van der Waals surface area contributed by atoms with Gasteiger partial charge in [-0.15, -0.1) is 0 Å². The molecule has 1 aliphatic rings. The van der Waals surface area contributed by atoms with Crippen molar-refractivity contribution in [1.82, 2.24) is 24.5 Å². The summed E-state index contributed by atoms with van der Waals surface area (Å²) in [5.74, 6) is -1.00. The van der Waals surface area contributed by atoms with Crippen LogP contribution in [0.1, 0.15) is 30.3 Å². The van der Waals surface area contributed by atoms with Gasteiger partial charge in [-0.1, -0.05) is 0 Å². The molecule has 198 valence electrons. The number of urea groups is 1.